The molecule has 6 nitrogen and oxygen atoms in total. The van der Waals surface area contributed by atoms with E-state index >= 15 is 0 Å². The van der Waals surface area contributed by atoms with Crippen LogP contribution in [0.2, 0.25) is 0 Å². The summed E-state index contributed by atoms with van der Waals surface area (Å²) in [5, 5.41) is 6.59. The smallest absolute Gasteiger partial charge is 0.273 e. The third kappa shape index (κ3) is 5.41. The van der Waals surface area contributed by atoms with Gasteiger partial charge in [0.1, 0.15) is 5.82 Å². The SMILES string of the molecule is C=CCN(Cc1cc(C(=O)NCc2ccc(C)cc2)no1)C(=O)c1ccc(F)cc1. The second-order valence-electron chi connectivity index (χ2n) is 6.83. The highest BCUT2D eigenvalue weighted by Gasteiger charge is 2.19. The number of aromatic nitrogens is 1. The van der Waals surface area contributed by atoms with Crippen LogP contribution in [0.5, 0.6) is 0 Å². The number of hydrogen-bond donors (Lipinski definition) is 1. The van der Waals surface area contributed by atoms with Crippen molar-refractivity contribution in [2.24, 2.45) is 0 Å². The Kier molecular flexibility index (Phi) is 6.75. The molecule has 3 aromatic rings. The first-order valence-corrected chi connectivity index (χ1v) is 9.41. The van der Waals surface area contributed by atoms with Crippen molar-refractivity contribution < 1.29 is 18.5 Å². The molecule has 0 unspecified atom stereocenters. The maximum Gasteiger partial charge on any atom is 0.273 e. The summed E-state index contributed by atoms with van der Waals surface area (Å²) in [6.07, 6.45) is 1.58. The molecule has 1 aromatic heterocycles. The predicted molar refractivity (Wildman–Crippen MR) is 110 cm³/mol. The Morgan fingerprint density at radius 1 is 1.17 bits per heavy atom. The lowest BCUT2D eigenvalue weighted by atomic mass is 10.1. The fourth-order valence-electron chi connectivity index (χ4n) is 2.81. The molecule has 0 atom stereocenters. The molecule has 0 spiro atoms. The van der Waals surface area contributed by atoms with Crippen LogP contribution in [0.25, 0.3) is 0 Å². The minimum atomic E-state index is -0.418. The summed E-state index contributed by atoms with van der Waals surface area (Å²) in [5.74, 6) is -0.742. The van der Waals surface area contributed by atoms with Gasteiger partial charge < -0.3 is 14.7 Å². The minimum absolute atomic E-state index is 0.0977. The zero-order valence-corrected chi connectivity index (χ0v) is 16.6. The third-order valence-electron chi connectivity index (χ3n) is 4.44. The van der Waals surface area contributed by atoms with Gasteiger partial charge in [0.05, 0.1) is 6.54 Å². The van der Waals surface area contributed by atoms with Crippen molar-refractivity contribution >= 4 is 11.8 Å². The van der Waals surface area contributed by atoms with E-state index in [9.17, 15) is 14.0 Å². The van der Waals surface area contributed by atoms with Crippen LogP contribution in [0.15, 0.2) is 71.8 Å². The Labute approximate surface area is 174 Å². The molecule has 2 amide bonds. The molecular weight excluding hydrogens is 385 g/mol. The lowest BCUT2D eigenvalue weighted by Gasteiger charge is -2.19. The fraction of sp³-hybridized carbons (Fsp3) is 0.174. The highest BCUT2D eigenvalue weighted by atomic mass is 19.1. The van der Waals surface area contributed by atoms with E-state index < -0.39 is 5.82 Å². The monoisotopic (exact) mass is 407 g/mol. The maximum atomic E-state index is 13.1. The number of nitrogens with zero attached hydrogens (tertiary/aromatic N) is 2. The van der Waals surface area contributed by atoms with Gasteiger partial charge in [-0.3, -0.25) is 9.59 Å². The Morgan fingerprint density at radius 2 is 1.87 bits per heavy atom. The van der Waals surface area contributed by atoms with E-state index in [0.29, 0.717) is 17.9 Å². The van der Waals surface area contributed by atoms with Gasteiger partial charge in [0.2, 0.25) is 0 Å². The zero-order valence-electron chi connectivity index (χ0n) is 16.6. The molecule has 154 valence electrons. The summed E-state index contributed by atoms with van der Waals surface area (Å²) in [5.41, 5.74) is 2.59. The van der Waals surface area contributed by atoms with Crippen LogP contribution < -0.4 is 5.32 Å². The van der Waals surface area contributed by atoms with Gasteiger partial charge in [-0.25, -0.2) is 4.39 Å². The van der Waals surface area contributed by atoms with Crippen molar-refractivity contribution in [2.45, 2.75) is 20.0 Å². The van der Waals surface area contributed by atoms with Gasteiger partial charge >= 0.3 is 0 Å². The highest BCUT2D eigenvalue weighted by molar-refractivity contribution is 5.94. The zero-order chi connectivity index (χ0) is 21.5. The van der Waals surface area contributed by atoms with Gasteiger partial charge in [-0.15, -0.1) is 6.58 Å². The minimum Gasteiger partial charge on any atom is -0.359 e. The first kappa shape index (κ1) is 21.0. The molecule has 1 heterocycles. The second kappa shape index (κ2) is 9.65. The number of benzene rings is 2. The second-order valence-corrected chi connectivity index (χ2v) is 6.83. The number of aryl methyl sites for hydroxylation is 1. The number of carbonyl (C=O) groups excluding carboxylic acids is 2. The summed E-state index contributed by atoms with van der Waals surface area (Å²) >= 11 is 0. The van der Waals surface area contributed by atoms with Crippen LogP contribution in [0.1, 0.15) is 37.7 Å². The van der Waals surface area contributed by atoms with Crippen molar-refractivity contribution in [3.05, 3.63) is 101 Å². The number of nitrogens with one attached hydrogen (secondary N) is 1. The van der Waals surface area contributed by atoms with Gasteiger partial charge in [-0.1, -0.05) is 41.1 Å². The lowest BCUT2D eigenvalue weighted by molar-refractivity contribution is 0.0747. The maximum absolute atomic E-state index is 13.1. The molecule has 0 aliphatic heterocycles. The molecule has 3 rings (SSSR count). The first-order valence-electron chi connectivity index (χ1n) is 9.41. The first-order chi connectivity index (χ1) is 14.5. The van der Waals surface area contributed by atoms with Crippen LogP contribution in [0, 0.1) is 12.7 Å². The highest BCUT2D eigenvalue weighted by Crippen LogP contribution is 2.13. The number of hydrogen-bond acceptors (Lipinski definition) is 4. The predicted octanol–water partition coefficient (Wildman–Crippen LogP) is 3.88. The van der Waals surface area contributed by atoms with Crippen LogP contribution in [-0.2, 0) is 13.1 Å². The largest absolute Gasteiger partial charge is 0.359 e. The number of amides is 2. The average molecular weight is 407 g/mol. The topological polar surface area (TPSA) is 75.4 Å². The molecule has 7 heteroatoms. The van der Waals surface area contributed by atoms with E-state index in [-0.39, 0.29) is 30.6 Å². The van der Waals surface area contributed by atoms with Gasteiger partial charge in [0.15, 0.2) is 11.5 Å². The number of halogens is 1. The molecular formula is C23H22FN3O3. The number of rotatable bonds is 8. The summed E-state index contributed by atoms with van der Waals surface area (Å²) < 4.78 is 18.3. The van der Waals surface area contributed by atoms with Crippen molar-refractivity contribution in [1.82, 2.24) is 15.4 Å². The summed E-state index contributed by atoms with van der Waals surface area (Å²) in [6.45, 7) is 6.38. The van der Waals surface area contributed by atoms with E-state index in [1.165, 1.54) is 35.2 Å². The standard InChI is InChI=1S/C23H22FN3O3/c1-3-12-27(23(29)18-8-10-19(24)11-9-18)15-20-13-21(26-30-20)22(28)25-14-17-6-4-16(2)5-7-17/h3-11,13H,1,12,14-15H2,2H3,(H,25,28). The Balaban J connectivity index is 1.63. The lowest BCUT2D eigenvalue weighted by Crippen LogP contribution is -2.30. The normalized spacial score (nSPS) is 10.5. The van der Waals surface area contributed by atoms with E-state index in [1.54, 1.807) is 6.08 Å². The van der Waals surface area contributed by atoms with Crippen molar-refractivity contribution in [3.63, 3.8) is 0 Å². The summed E-state index contributed by atoms with van der Waals surface area (Å²) in [7, 11) is 0. The molecule has 0 radical (unpaired) electrons. The average Bonchev–Trinajstić information content (AvgIpc) is 3.21. The summed E-state index contributed by atoms with van der Waals surface area (Å²) in [6, 6.07) is 14.6. The molecule has 0 saturated heterocycles. The third-order valence-corrected chi connectivity index (χ3v) is 4.44. The molecule has 1 N–H and O–H groups in total. The van der Waals surface area contributed by atoms with Crippen LogP contribution >= 0.6 is 0 Å². The van der Waals surface area contributed by atoms with E-state index in [2.05, 4.69) is 17.1 Å². The fourth-order valence-corrected chi connectivity index (χ4v) is 2.81. The van der Waals surface area contributed by atoms with Gasteiger partial charge in [-0.2, -0.15) is 0 Å². The van der Waals surface area contributed by atoms with Crippen molar-refractivity contribution in [1.29, 1.82) is 0 Å². The quantitative estimate of drug-likeness (QED) is 0.575. The Morgan fingerprint density at radius 3 is 2.53 bits per heavy atom. The van der Waals surface area contributed by atoms with Crippen LogP contribution in [0.4, 0.5) is 4.39 Å². The Bertz CT molecular complexity index is 1030. The van der Waals surface area contributed by atoms with Crippen molar-refractivity contribution in [2.75, 3.05) is 6.54 Å². The van der Waals surface area contributed by atoms with Gasteiger partial charge in [-0.05, 0) is 36.8 Å². The Hall–Kier alpha value is -3.74. The van der Waals surface area contributed by atoms with Gasteiger partial charge in [0.25, 0.3) is 11.8 Å². The molecule has 2 aromatic carbocycles. The van der Waals surface area contributed by atoms with E-state index in [1.807, 2.05) is 31.2 Å². The number of carbonyl (C=O) groups is 2. The molecule has 0 fully saturated rings. The molecule has 0 aliphatic carbocycles. The molecule has 0 aliphatic rings. The molecule has 0 bridgehead atoms. The van der Waals surface area contributed by atoms with Crippen LogP contribution in [0.3, 0.4) is 0 Å². The van der Waals surface area contributed by atoms with E-state index in [0.717, 1.165) is 11.1 Å². The van der Waals surface area contributed by atoms with Gasteiger partial charge in [0, 0.05) is 24.7 Å². The van der Waals surface area contributed by atoms with Crippen molar-refractivity contribution in [3.8, 4) is 0 Å². The summed E-state index contributed by atoms with van der Waals surface area (Å²) in [4.78, 5) is 26.5. The van der Waals surface area contributed by atoms with E-state index in [4.69, 9.17) is 4.52 Å². The molecule has 0 saturated carbocycles. The van der Waals surface area contributed by atoms with Crippen LogP contribution in [-0.4, -0.2) is 28.4 Å². The molecule has 30 heavy (non-hydrogen) atoms.